The van der Waals surface area contributed by atoms with Gasteiger partial charge in [-0.2, -0.15) is 0 Å². The molecule has 0 fully saturated rings. The van der Waals surface area contributed by atoms with E-state index in [1.54, 1.807) is 0 Å². The van der Waals surface area contributed by atoms with Crippen molar-refractivity contribution < 1.29 is 16.0 Å². The second-order valence-corrected chi connectivity index (χ2v) is 4.93. The van der Waals surface area contributed by atoms with Gasteiger partial charge in [-0.05, 0) is 0 Å². The zero-order chi connectivity index (χ0) is 8.48. The summed E-state index contributed by atoms with van der Waals surface area (Å²) in [6, 6.07) is 0. The van der Waals surface area contributed by atoms with Crippen molar-refractivity contribution in [3.8, 4) is 0 Å². The first-order chi connectivity index (χ1) is 4.99. The number of rotatable bonds is 1. The predicted molar refractivity (Wildman–Crippen MR) is 44.9 cm³/mol. The van der Waals surface area contributed by atoms with Gasteiger partial charge in [0.15, 0.2) is 0 Å². The Morgan fingerprint density at radius 1 is 1.45 bits per heavy atom. The van der Waals surface area contributed by atoms with Crippen LogP contribution in [0.4, 0.5) is 0 Å². The summed E-state index contributed by atoms with van der Waals surface area (Å²) in [5.74, 6) is 0. The van der Waals surface area contributed by atoms with E-state index < -0.39 is 0 Å². The quantitative estimate of drug-likeness (QED) is 0.558. The van der Waals surface area contributed by atoms with Crippen LogP contribution in [0, 0.1) is 5.41 Å². The molecule has 1 aliphatic carbocycles. The summed E-state index contributed by atoms with van der Waals surface area (Å²) in [4.78, 5) is 0. The molecule has 0 spiro atoms. The Labute approximate surface area is 77.6 Å². The molecule has 1 rings (SSSR count). The van der Waals surface area contributed by atoms with Crippen LogP contribution in [0.25, 0.3) is 0 Å². The maximum atomic E-state index is 4.02. The van der Waals surface area contributed by atoms with Crippen molar-refractivity contribution in [3.05, 3.63) is 22.2 Å². The molecule has 0 saturated heterocycles. The summed E-state index contributed by atoms with van der Waals surface area (Å²) in [7, 11) is 0. The molecular formula is C10H15Fe. The van der Waals surface area contributed by atoms with Gasteiger partial charge >= 0.3 is 77.2 Å². The Kier molecular flexibility index (Phi) is 2.61. The number of allylic oxidation sites excluding steroid dienone is 4. The van der Waals surface area contributed by atoms with Gasteiger partial charge in [0.2, 0.25) is 0 Å². The first kappa shape index (κ1) is 9.09. The van der Waals surface area contributed by atoms with Crippen LogP contribution in [0.2, 0.25) is 0 Å². The van der Waals surface area contributed by atoms with E-state index in [2.05, 4.69) is 48.9 Å². The van der Waals surface area contributed by atoms with Gasteiger partial charge in [-0.1, -0.05) is 0 Å². The molecule has 0 aromatic carbocycles. The Hall–Kier alpha value is -0.000519. The summed E-state index contributed by atoms with van der Waals surface area (Å²) < 4.78 is 1.31. The maximum absolute atomic E-state index is 4.02. The Morgan fingerprint density at radius 3 is 2.45 bits per heavy atom. The van der Waals surface area contributed by atoms with Crippen LogP contribution in [0.15, 0.2) is 22.2 Å². The molecule has 0 heterocycles. The molecule has 0 amide bonds. The van der Waals surface area contributed by atoms with Crippen LogP contribution in [0.3, 0.4) is 0 Å². The van der Waals surface area contributed by atoms with Gasteiger partial charge in [0, 0.05) is 0 Å². The Bertz CT molecular complexity index is 203. The molecule has 63 valence electrons. The van der Waals surface area contributed by atoms with Crippen LogP contribution < -0.4 is 0 Å². The first-order valence-electron chi connectivity index (χ1n) is 4.02. The predicted octanol–water partition coefficient (Wildman–Crippen LogP) is 3.18. The molecule has 0 nitrogen and oxygen atoms in total. The van der Waals surface area contributed by atoms with Gasteiger partial charge in [0.05, 0.1) is 0 Å². The fourth-order valence-corrected chi connectivity index (χ4v) is 1.57. The SMILES string of the molecule is CC(C)(C)CC1=[C]([Fe])CC=C1. The van der Waals surface area contributed by atoms with Gasteiger partial charge in [-0.3, -0.25) is 0 Å². The number of hydrogen-bond acceptors (Lipinski definition) is 0. The summed E-state index contributed by atoms with van der Waals surface area (Å²) in [6.07, 6.45) is 6.63. The molecule has 0 atom stereocenters. The van der Waals surface area contributed by atoms with E-state index >= 15 is 0 Å². The summed E-state index contributed by atoms with van der Waals surface area (Å²) in [5, 5.41) is 0. The zero-order valence-corrected chi connectivity index (χ0v) is 8.53. The second kappa shape index (κ2) is 3.16. The fraction of sp³-hybridized carbons (Fsp3) is 0.600. The van der Waals surface area contributed by atoms with Gasteiger partial charge in [-0.15, -0.1) is 0 Å². The summed E-state index contributed by atoms with van der Waals surface area (Å²) >= 11 is 4.02. The monoisotopic (exact) mass is 191 g/mol. The van der Waals surface area contributed by atoms with E-state index in [9.17, 15) is 0 Å². The fourth-order valence-electron chi connectivity index (χ4n) is 1.25. The standard InChI is InChI=1S/C10H15.Fe/c1-10(2,3)8-9-6-4-5-7-9;/h4,6H,5,8H2,1-3H3;. The molecule has 0 bridgehead atoms. The van der Waals surface area contributed by atoms with Crippen molar-refractivity contribution >= 4 is 0 Å². The first-order valence-corrected chi connectivity index (χ1v) is 4.57. The molecule has 0 radical (unpaired) electrons. The molecule has 0 unspecified atom stereocenters. The summed E-state index contributed by atoms with van der Waals surface area (Å²) in [6.45, 7) is 6.79. The van der Waals surface area contributed by atoms with E-state index in [1.807, 2.05) is 0 Å². The van der Waals surface area contributed by atoms with Crippen molar-refractivity contribution in [1.29, 1.82) is 0 Å². The van der Waals surface area contributed by atoms with Gasteiger partial charge < -0.3 is 0 Å². The zero-order valence-electron chi connectivity index (χ0n) is 7.42. The van der Waals surface area contributed by atoms with Crippen molar-refractivity contribution in [2.45, 2.75) is 33.6 Å². The van der Waals surface area contributed by atoms with Crippen molar-refractivity contribution in [2.24, 2.45) is 5.41 Å². The minimum absolute atomic E-state index is 0.396. The third-order valence-corrected chi connectivity index (χ3v) is 2.25. The van der Waals surface area contributed by atoms with Crippen LogP contribution in [-0.2, 0) is 16.0 Å². The van der Waals surface area contributed by atoms with E-state index in [4.69, 9.17) is 0 Å². The average Bonchev–Trinajstić information content (AvgIpc) is 2.12. The topological polar surface area (TPSA) is 0 Å². The van der Waals surface area contributed by atoms with E-state index in [0.29, 0.717) is 5.41 Å². The van der Waals surface area contributed by atoms with E-state index in [1.165, 1.54) is 10.0 Å². The molecule has 0 saturated carbocycles. The molecule has 0 aromatic rings. The molecule has 1 heteroatoms. The number of hydrogen-bond donors (Lipinski definition) is 0. The summed E-state index contributed by atoms with van der Waals surface area (Å²) in [5.41, 5.74) is 1.84. The molecule has 0 N–H and O–H groups in total. The third kappa shape index (κ3) is 2.84. The normalized spacial score (nSPS) is 18.2. The van der Waals surface area contributed by atoms with E-state index in [-0.39, 0.29) is 0 Å². The van der Waals surface area contributed by atoms with Crippen LogP contribution in [-0.4, -0.2) is 0 Å². The van der Waals surface area contributed by atoms with Crippen molar-refractivity contribution in [2.75, 3.05) is 0 Å². The van der Waals surface area contributed by atoms with Crippen LogP contribution >= 0.6 is 0 Å². The second-order valence-electron chi connectivity index (χ2n) is 4.26. The van der Waals surface area contributed by atoms with Gasteiger partial charge in [0.25, 0.3) is 0 Å². The van der Waals surface area contributed by atoms with Crippen molar-refractivity contribution in [1.82, 2.24) is 0 Å². The average molecular weight is 191 g/mol. The van der Waals surface area contributed by atoms with Crippen LogP contribution in [0.1, 0.15) is 33.6 Å². The minimum atomic E-state index is 0.396. The molecule has 0 aliphatic heterocycles. The third-order valence-electron chi connectivity index (χ3n) is 1.67. The van der Waals surface area contributed by atoms with Gasteiger partial charge in [-0.25, -0.2) is 0 Å². The van der Waals surface area contributed by atoms with E-state index in [0.717, 1.165) is 12.8 Å². The van der Waals surface area contributed by atoms with Gasteiger partial charge in [0.1, 0.15) is 0 Å². The Morgan fingerprint density at radius 2 is 2.09 bits per heavy atom. The Balaban J connectivity index is 2.63. The molecule has 0 aromatic heterocycles. The molecular weight excluding hydrogens is 176 g/mol. The molecule has 1 aliphatic rings. The molecule has 11 heavy (non-hydrogen) atoms. The van der Waals surface area contributed by atoms with Crippen LogP contribution in [0.5, 0.6) is 0 Å². The van der Waals surface area contributed by atoms with Crippen molar-refractivity contribution in [3.63, 3.8) is 0 Å².